The van der Waals surface area contributed by atoms with E-state index in [-0.39, 0.29) is 5.91 Å². The Hall–Kier alpha value is -3.21. The number of para-hydroxylation sites is 1. The predicted molar refractivity (Wildman–Crippen MR) is 94.5 cm³/mol. The molecular formula is C19H18N4O. The first-order valence-corrected chi connectivity index (χ1v) is 7.65. The maximum absolute atomic E-state index is 11.9. The Bertz CT molecular complexity index is 867. The number of hydrogen-bond acceptors (Lipinski definition) is 3. The van der Waals surface area contributed by atoms with E-state index in [1.165, 1.54) is 0 Å². The lowest BCUT2D eigenvalue weighted by molar-refractivity contribution is 0.0950. The van der Waals surface area contributed by atoms with E-state index in [1.807, 2.05) is 38.1 Å². The molecule has 0 aliphatic rings. The van der Waals surface area contributed by atoms with Gasteiger partial charge in [0.05, 0.1) is 6.21 Å². The fraction of sp³-hybridized carbons (Fsp3) is 0.105. The lowest BCUT2D eigenvalue weighted by atomic mass is 10.2. The molecular weight excluding hydrogens is 300 g/mol. The Morgan fingerprint density at radius 2 is 1.88 bits per heavy atom. The molecule has 1 amide bonds. The highest BCUT2D eigenvalue weighted by atomic mass is 16.2. The summed E-state index contributed by atoms with van der Waals surface area (Å²) in [5.41, 5.74) is 7.07. The molecule has 1 aromatic carbocycles. The van der Waals surface area contributed by atoms with Crippen molar-refractivity contribution in [3.63, 3.8) is 0 Å². The first kappa shape index (κ1) is 15.7. The van der Waals surface area contributed by atoms with Crippen LogP contribution in [0.5, 0.6) is 0 Å². The summed E-state index contributed by atoms with van der Waals surface area (Å²) >= 11 is 0. The number of rotatable bonds is 4. The van der Waals surface area contributed by atoms with Crippen LogP contribution in [0, 0.1) is 13.8 Å². The van der Waals surface area contributed by atoms with Crippen LogP contribution < -0.4 is 5.43 Å². The van der Waals surface area contributed by atoms with Crippen LogP contribution in [0.25, 0.3) is 5.69 Å². The molecule has 0 bridgehead atoms. The quantitative estimate of drug-likeness (QED) is 0.593. The van der Waals surface area contributed by atoms with Gasteiger partial charge in [0.2, 0.25) is 0 Å². The second-order valence-electron chi connectivity index (χ2n) is 5.41. The Morgan fingerprint density at radius 3 is 2.58 bits per heavy atom. The van der Waals surface area contributed by atoms with E-state index in [0.717, 1.165) is 22.6 Å². The van der Waals surface area contributed by atoms with Gasteiger partial charge in [-0.2, -0.15) is 5.10 Å². The first-order chi connectivity index (χ1) is 11.7. The Balaban J connectivity index is 1.78. The van der Waals surface area contributed by atoms with E-state index in [4.69, 9.17) is 0 Å². The minimum atomic E-state index is -0.330. The fourth-order valence-electron chi connectivity index (χ4n) is 2.61. The van der Waals surface area contributed by atoms with E-state index in [0.29, 0.717) is 5.69 Å². The summed E-state index contributed by atoms with van der Waals surface area (Å²) in [6.07, 6.45) is 3.23. The van der Waals surface area contributed by atoms with Gasteiger partial charge in [-0.15, -0.1) is 0 Å². The lowest BCUT2D eigenvalue weighted by Gasteiger charge is -2.08. The van der Waals surface area contributed by atoms with Crippen LogP contribution in [0.15, 0.2) is 65.9 Å². The summed E-state index contributed by atoms with van der Waals surface area (Å²) < 4.78 is 2.15. The number of amides is 1. The summed E-state index contributed by atoms with van der Waals surface area (Å²) in [7, 11) is 0. The third kappa shape index (κ3) is 3.25. The van der Waals surface area contributed by atoms with Crippen LogP contribution in [-0.2, 0) is 0 Å². The molecule has 0 atom stereocenters. The number of carbonyl (C=O) groups is 1. The van der Waals surface area contributed by atoms with Crippen molar-refractivity contribution in [3.8, 4) is 5.69 Å². The van der Waals surface area contributed by atoms with Crippen molar-refractivity contribution < 1.29 is 4.79 Å². The molecule has 5 nitrogen and oxygen atoms in total. The number of aryl methyl sites for hydroxylation is 1. The van der Waals surface area contributed by atoms with Gasteiger partial charge in [-0.3, -0.25) is 9.78 Å². The van der Waals surface area contributed by atoms with Crippen molar-refractivity contribution in [2.75, 3.05) is 0 Å². The topological polar surface area (TPSA) is 59.3 Å². The third-order valence-corrected chi connectivity index (χ3v) is 3.75. The normalized spacial score (nSPS) is 10.9. The van der Waals surface area contributed by atoms with Crippen molar-refractivity contribution in [1.29, 1.82) is 0 Å². The zero-order valence-electron chi connectivity index (χ0n) is 13.6. The molecule has 0 spiro atoms. The Labute approximate surface area is 140 Å². The molecule has 3 aromatic rings. The molecule has 0 unspecified atom stereocenters. The van der Waals surface area contributed by atoms with Gasteiger partial charge >= 0.3 is 0 Å². The van der Waals surface area contributed by atoms with Crippen LogP contribution >= 0.6 is 0 Å². The largest absolute Gasteiger partial charge is 0.318 e. The van der Waals surface area contributed by atoms with Crippen LogP contribution in [0.2, 0.25) is 0 Å². The summed E-state index contributed by atoms with van der Waals surface area (Å²) in [6.45, 7) is 4.08. The number of aromatic nitrogens is 2. The second kappa shape index (κ2) is 6.91. The number of hydrogen-bond donors (Lipinski definition) is 1. The van der Waals surface area contributed by atoms with E-state index in [2.05, 4.69) is 32.2 Å². The highest BCUT2D eigenvalue weighted by Gasteiger charge is 2.09. The van der Waals surface area contributed by atoms with Crippen molar-refractivity contribution in [2.24, 2.45) is 5.10 Å². The Kier molecular flexibility index (Phi) is 4.52. The molecule has 0 radical (unpaired) electrons. The molecule has 0 aliphatic heterocycles. The van der Waals surface area contributed by atoms with Gasteiger partial charge in [-0.1, -0.05) is 24.3 Å². The number of nitrogens with zero attached hydrogens (tertiary/aromatic N) is 3. The van der Waals surface area contributed by atoms with E-state index >= 15 is 0 Å². The van der Waals surface area contributed by atoms with Gasteiger partial charge in [0.1, 0.15) is 5.69 Å². The van der Waals surface area contributed by atoms with Gasteiger partial charge in [-0.05, 0) is 44.2 Å². The number of carbonyl (C=O) groups excluding carboxylic acids is 1. The minimum Gasteiger partial charge on any atom is -0.318 e. The lowest BCUT2D eigenvalue weighted by Crippen LogP contribution is -2.18. The van der Waals surface area contributed by atoms with Crippen LogP contribution in [0.1, 0.15) is 27.4 Å². The summed E-state index contributed by atoms with van der Waals surface area (Å²) in [6, 6.07) is 17.3. The second-order valence-corrected chi connectivity index (χ2v) is 5.41. The number of benzene rings is 1. The van der Waals surface area contributed by atoms with E-state index in [1.54, 1.807) is 30.6 Å². The number of nitrogens with one attached hydrogen (secondary N) is 1. The summed E-state index contributed by atoms with van der Waals surface area (Å²) in [5.74, 6) is -0.330. The van der Waals surface area contributed by atoms with Crippen molar-refractivity contribution >= 4 is 12.1 Å². The number of pyridine rings is 1. The first-order valence-electron chi connectivity index (χ1n) is 7.65. The number of hydrazone groups is 1. The highest BCUT2D eigenvalue weighted by Crippen LogP contribution is 2.19. The molecule has 5 heteroatoms. The SMILES string of the molecule is Cc1cc(C=NNC(=O)c2ccccn2)c(C)n1-c1ccccc1. The summed E-state index contributed by atoms with van der Waals surface area (Å²) in [5, 5.41) is 4.05. The van der Waals surface area contributed by atoms with Crippen LogP contribution in [0.4, 0.5) is 0 Å². The maximum Gasteiger partial charge on any atom is 0.289 e. The van der Waals surface area contributed by atoms with Gasteiger partial charge in [0.25, 0.3) is 5.91 Å². The monoisotopic (exact) mass is 318 g/mol. The summed E-state index contributed by atoms with van der Waals surface area (Å²) in [4.78, 5) is 15.9. The van der Waals surface area contributed by atoms with Crippen LogP contribution in [-0.4, -0.2) is 21.7 Å². The Morgan fingerprint density at radius 1 is 1.12 bits per heavy atom. The smallest absolute Gasteiger partial charge is 0.289 e. The molecule has 120 valence electrons. The van der Waals surface area contributed by atoms with Crippen molar-refractivity contribution in [1.82, 2.24) is 15.0 Å². The van der Waals surface area contributed by atoms with Crippen LogP contribution in [0.3, 0.4) is 0 Å². The molecule has 24 heavy (non-hydrogen) atoms. The third-order valence-electron chi connectivity index (χ3n) is 3.75. The zero-order valence-corrected chi connectivity index (χ0v) is 13.6. The highest BCUT2D eigenvalue weighted by molar-refractivity contribution is 5.93. The van der Waals surface area contributed by atoms with Gasteiger partial charge < -0.3 is 4.57 Å². The standard InChI is InChI=1S/C19H18N4O/c1-14-12-16(15(2)23(14)17-8-4-3-5-9-17)13-21-22-19(24)18-10-6-7-11-20-18/h3-13H,1-2H3,(H,22,24). The molecule has 0 saturated heterocycles. The molecule has 2 aromatic heterocycles. The van der Waals surface area contributed by atoms with Crippen molar-refractivity contribution in [3.05, 3.63) is 83.4 Å². The van der Waals surface area contributed by atoms with Gasteiger partial charge in [0, 0.05) is 28.8 Å². The predicted octanol–water partition coefficient (Wildman–Crippen LogP) is 3.25. The zero-order chi connectivity index (χ0) is 16.9. The van der Waals surface area contributed by atoms with Gasteiger partial charge in [0.15, 0.2) is 0 Å². The molecule has 0 fully saturated rings. The molecule has 3 rings (SSSR count). The van der Waals surface area contributed by atoms with E-state index in [9.17, 15) is 4.79 Å². The average molecular weight is 318 g/mol. The van der Waals surface area contributed by atoms with Crippen molar-refractivity contribution in [2.45, 2.75) is 13.8 Å². The molecule has 1 N–H and O–H groups in total. The maximum atomic E-state index is 11.9. The molecule has 0 aliphatic carbocycles. The average Bonchev–Trinajstić information content (AvgIpc) is 2.90. The van der Waals surface area contributed by atoms with Gasteiger partial charge in [-0.25, -0.2) is 5.43 Å². The molecule has 2 heterocycles. The van der Waals surface area contributed by atoms with E-state index < -0.39 is 0 Å². The minimum absolute atomic E-state index is 0.330. The molecule has 0 saturated carbocycles. The fourth-order valence-corrected chi connectivity index (χ4v) is 2.61.